The predicted octanol–water partition coefficient (Wildman–Crippen LogP) is 3.76. The molecule has 0 N–H and O–H groups in total. The number of benzene rings is 1. The van der Waals surface area contributed by atoms with Gasteiger partial charge in [0.2, 0.25) is 6.10 Å². The molecule has 1 atom stereocenters. The first-order valence-corrected chi connectivity index (χ1v) is 8.24. The van der Waals surface area contributed by atoms with Crippen LogP contribution in [-0.2, 0) is 4.79 Å². The van der Waals surface area contributed by atoms with Crippen LogP contribution in [0.15, 0.2) is 17.7 Å². The number of carboxylic acids is 1. The minimum Gasteiger partial charge on any atom is -0.545 e. The van der Waals surface area contributed by atoms with Crippen molar-refractivity contribution in [2.24, 2.45) is 0 Å². The normalized spacial score (nSPS) is 16.7. The molecule has 8 heteroatoms. The number of hydrogen-bond acceptors (Lipinski definition) is 4. The molecule has 0 amide bonds. The SMILES string of the molecule is CCCCCCOc1cc(Cl)c2c(c1)C=C(C(=O)[O-])C(C(F)(F)F)O2. The fourth-order valence-corrected chi connectivity index (χ4v) is 2.72. The summed E-state index contributed by atoms with van der Waals surface area (Å²) in [5, 5.41) is 11.0. The Morgan fingerprint density at radius 1 is 1.32 bits per heavy atom. The molecule has 0 spiro atoms. The van der Waals surface area contributed by atoms with Gasteiger partial charge in [0, 0.05) is 17.2 Å². The van der Waals surface area contributed by atoms with Gasteiger partial charge in [-0.25, -0.2) is 0 Å². The molecule has 1 aliphatic rings. The van der Waals surface area contributed by atoms with Gasteiger partial charge in [-0.1, -0.05) is 37.8 Å². The lowest BCUT2D eigenvalue weighted by Gasteiger charge is -2.30. The number of alkyl halides is 3. The number of ether oxygens (including phenoxy) is 2. The molecule has 1 aromatic rings. The Balaban J connectivity index is 2.24. The topological polar surface area (TPSA) is 58.6 Å². The van der Waals surface area contributed by atoms with Crippen molar-refractivity contribution in [1.29, 1.82) is 0 Å². The van der Waals surface area contributed by atoms with Crippen LogP contribution < -0.4 is 14.6 Å². The molecule has 1 aromatic carbocycles. The molecule has 0 saturated carbocycles. The van der Waals surface area contributed by atoms with Crippen LogP contribution >= 0.6 is 11.6 Å². The Bertz CT molecular complexity index is 671. The first-order chi connectivity index (χ1) is 11.7. The van der Waals surface area contributed by atoms with Gasteiger partial charge in [0.1, 0.15) is 11.5 Å². The van der Waals surface area contributed by atoms with E-state index in [1.54, 1.807) is 0 Å². The second-order valence-electron chi connectivity index (χ2n) is 5.66. The van der Waals surface area contributed by atoms with Crippen molar-refractivity contribution in [2.75, 3.05) is 6.61 Å². The lowest BCUT2D eigenvalue weighted by Crippen LogP contribution is -2.44. The van der Waals surface area contributed by atoms with Crippen molar-refractivity contribution in [2.45, 2.75) is 44.9 Å². The van der Waals surface area contributed by atoms with E-state index >= 15 is 0 Å². The molecule has 0 fully saturated rings. The van der Waals surface area contributed by atoms with Crippen LogP contribution in [0.5, 0.6) is 11.5 Å². The number of rotatable bonds is 7. The largest absolute Gasteiger partial charge is 0.545 e. The fourth-order valence-electron chi connectivity index (χ4n) is 2.46. The van der Waals surface area contributed by atoms with E-state index in [-0.39, 0.29) is 16.3 Å². The van der Waals surface area contributed by atoms with Crippen molar-refractivity contribution in [3.63, 3.8) is 0 Å². The molecular weight excluding hydrogens is 361 g/mol. The zero-order valence-corrected chi connectivity index (χ0v) is 14.2. The van der Waals surface area contributed by atoms with E-state index < -0.39 is 23.8 Å². The Morgan fingerprint density at radius 3 is 2.64 bits per heavy atom. The van der Waals surface area contributed by atoms with Crippen molar-refractivity contribution >= 4 is 23.6 Å². The second-order valence-corrected chi connectivity index (χ2v) is 6.07. The lowest BCUT2D eigenvalue weighted by atomic mass is 10.0. The molecule has 4 nitrogen and oxygen atoms in total. The molecule has 1 unspecified atom stereocenters. The number of halogens is 4. The Kier molecular flexibility index (Phi) is 6.21. The van der Waals surface area contributed by atoms with Crippen molar-refractivity contribution < 1.29 is 32.5 Å². The van der Waals surface area contributed by atoms with Crippen LogP contribution in [0.1, 0.15) is 38.2 Å². The average Bonchev–Trinajstić information content (AvgIpc) is 2.52. The molecule has 1 heterocycles. The quantitative estimate of drug-likeness (QED) is 0.679. The minimum atomic E-state index is -4.90. The Morgan fingerprint density at radius 2 is 2.04 bits per heavy atom. The van der Waals surface area contributed by atoms with Crippen LogP contribution in [0.4, 0.5) is 13.2 Å². The number of unbranched alkanes of at least 4 members (excludes halogenated alkanes) is 3. The van der Waals surface area contributed by atoms with E-state index in [1.807, 2.05) is 0 Å². The molecule has 2 rings (SSSR count). The van der Waals surface area contributed by atoms with Gasteiger partial charge in [-0.2, -0.15) is 13.2 Å². The Hall–Kier alpha value is -1.89. The number of carbonyl (C=O) groups is 1. The number of aliphatic carboxylic acids is 1. The third-order valence-electron chi connectivity index (χ3n) is 3.67. The van der Waals surface area contributed by atoms with Crippen LogP contribution in [-0.4, -0.2) is 24.9 Å². The number of carbonyl (C=O) groups excluding carboxylic acids is 1. The van der Waals surface area contributed by atoms with E-state index in [9.17, 15) is 23.1 Å². The summed E-state index contributed by atoms with van der Waals surface area (Å²) in [6, 6.07) is 2.75. The van der Waals surface area contributed by atoms with Crippen LogP contribution in [0.3, 0.4) is 0 Å². The lowest BCUT2D eigenvalue weighted by molar-refractivity contribution is -0.302. The zero-order valence-electron chi connectivity index (χ0n) is 13.5. The number of carboxylic acid groups (broad SMARTS) is 1. The highest BCUT2D eigenvalue weighted by molar-refractivity contribution is 6.32. The van der Waals surface area contributed by atoms with E-state index in [0.717, 1.165) is 31.8 Å². The molecule has 0 radical (unpaired) electrons. The maximum absolute atomic E-state index is 13.0. The molecule has 138 valence electrons. The molecule has 0 aliphatic carbocycles. The van der Waals surface area contributed by atoms with Crippen LogP contribution in [0.25, 0.3) is 6.08 Å². The molecule has 0 aromatic heterocycles. The smallest absolute Gasteiger partial charge is 0.429 e. The molecule has 1 aliphatic heterocycles. The first kappa shape index (κ1) is 19.4. The average molecular weight is 378 g/mol. The summed E-state index contributed by atoms with van der Waals surface area (Å²) in [6.45, 7) is 2.51. The monoisotopic (exact) mass is 377 g/mol. The second kappa shape index (κ2) is 7.99. The highest BCUT2D eigenvalue weighted by Gasteiger charge is 2.46. The molecule has 0 bridgehead atoms. The first-order valence-electron chi connectivity index (χ1n) is 7.86. The van der Waals surface area contributed by atoms with Gasteiger partial charge in [-0.15, -0.1) is 0 Å². The van der Waals surface area contributed by atoms with E-state index in [1.165, 1.54) is 12.1 Å². The number of hydrogen-bond donors (Lipinski definition) is 0. The molecule has 0 saturated heterocycles. The molecular formula is C17H17ClF3O4-. The minimum absolute atomic E-state index is 0.0797. The van der Waals surface area contributed by atoms with Crippen molar-refractivity contribution in [3.05, 3.63) is 28.3 Å². The van der Waals surface area contributed by atoms with E-state index in [2.05, 4.69) is 6.92 Å². The highest BCUT2D eigenvalue weighted by Crippen LogP contribution is 2.42. The summed E-state index contributed by atoms with van der Waals surface area (Å²) in [7, 11) is 0. The van der Waals surface area contributed by atoms with Gasteiger partial charge < -0.3 is 19.4 Å². The maximum Gasteiger partial charge on any atom is 0.429 e. The summed E-state index contributed by atoms with van der Waals surface area (Å²) < 4.78 is 49.3. The van der Waals surface area contributed by atoms with Gasteiger partial charge in [0.15, 0.2) is 0 Å². The highest BCUT2D eigenvalue weighted by atomic mass is 35.5. The predicted molar refractivity (Wildman–Crippen MR) is 84.5 cm³/mol. The van der Waals surface area contributed by atoms with Crippen LogP contribution in [0.2, 0.25) is 5.02 Å². The van der Waals surface area contributed by atoms with Gasteiger partial charge >= 0.3 is 6.18 Å². The summed E-state index contributed by atoms with van der Waals surface area (Å²) in [4.78, 5) is 11.0. The summed E-state index contributed by atoms with van der Waals surface area (Å²) >= 11 is 5.99. The fraction of sp³-hybridized carbons (Fsp3) is 0.471. The zero-order chi connectivity index (χ0) is 18.6. The summed E-state index contributed by atoms with van der Waals surface area (Å²) in [5.74, 6) is -1.84. The number of fused-ring (bicyclic) bond motifs is 1. The summed E-state index contributed by atoms with van der Waals surface area (Å²) in [5.41, 5.74) is -0.896. The van der Waals surface area contributed by atoms with Gasteiger partial charge in [0.25, 0.3) is 0 Å². The summed E-state index contributed by atoms with van der Waals surface area (Å²) in [6.07, 6.45) is -2.67. The van der Waals surface area contributed by atoms with Gasteiger partial charge in [-0.3, -0.25) is 0 Å². The molecule has 25 heavy (non-hydrogen) atoms. The van der Waals surface area contributed by atoms with Crippen molar-refractivity contribution in [3.8, 4) is 11.5 Å². The van der Waals surface area contributed by atoms with Crippen molar-refractivity contribution in [1.82, 2.24) is 0 Å². The van der Waals surface area contributed by atoms with Crippen LogP contribution in [0, 0.1) is 0 Å². The Labute approximate surface area is 148 Å². The van der Waals surface area contributed by atoms with E-state index in [0.29, 0.717) is 12.4 Å². The standard InChI is InChI=1S/C17H18ClF3O4/c1-2-3-4-5-6-24-11-7-10-8-12(16(22)23)15(17(19,20)21)25-14(10)13(18)9-11/h7-9,15H,2-6H2,1H3,(H,22,23)/p-1. The van der Waals surface area contributed by atoms with Gasteiger partial charge in [-0.05, 0) is 18.6 Å². The van der Waals surface area contributed by atoms with E-state index in [4.69, 9.17) is 21.1 Å². The third-order valence-corrected chi connectivity index (χ3v) is 3.96. The maximum atomic E-state index is 13.0. The van der Waals surface area contributed by atoms with Gasteiger partial charge in [0.05, 0.1) is 17.6 Å². The third kappa shape index (κ3) is 4.81.